The number of hydrogen-bond acceptors (Lipinski definition) is 3. The second kappa shape index (κ2) is 5.28. The summed E-state index contributed by atoms with van der Waals surface area (Å²) in [6.45, 7) is 0.134. The molecular formula is C15H16N4O. The Bertz CT molecular complexity index is 661. The normalized spacial score (nSPS) is 18.9. The molecule has 0 fully saturated rings. The van der Waals surface area contributed by atoms with Crippen molar-refractivity contribution in [3.8, 4) is 0 Å². The highest BCUT2D eigenvalue weighted by Crippen LogP contribution is 2.20. The number of nitrogens with zero attached hydrogens (tertiary/aromatic N) is 3. The van der Waals surface area contributed by atoms with Crippen LogP contribution in [0, 0.1) is 0 Å². The van der Waals surface area contributed by atoms with Crippen LogP contribution < -0.4 is 5.32 Å². The second-order valence-electron chi connectivity index (χ2n) is 4.84. The molecule has 0 spiro atoms. The molecule has 0 saturated heterocycles. The van der Waals surface area contributed by atoms with Gasteiger partial charge < -0.3 is 5.32 Å². The standard InChI is InChI=1S/C15H16N4O/c1-19-8-7-12(18-19)14-9-13(17-15(20)10-16-14)11-5-3-2-4-6-11/h2-3,5,7-9H,4,6,10H2,1H3,(H,17,20). The fraction of sp³-hybridized carbons (Fsp3) is 0.267. The lowest BCUT2D eigenvalue weighted by atomic mass is 10.0. The van der Waals surface area contributed by atoms with Gasteiger partial charge in [-0.2, -0.15) is 5.10 Å². The van der Waals surface area contributed by atoms with E-state index >= 15 is 0 Å². The van der Waals surface area contributed by atoms with Crippen LogP contribution >= 0.6 is 0 Å². The zero-order chi connectivity index (χ0) is 13.9. The van der Waals surface area contributed by atoms with Gasteiger partial charge in [-0.1, -0.05) is 18.2 Å². The maximum Gasteiger partial charge on any atom is 0.246 e. The number of amides is 1. The van der Waals surface area contributed by atoms with E-state index in [1.807, 2.05) is 37.5 Å². The first-order valence-electron chi connectivity index (χ1n) is 6.64. The molecule has 3 rings (SSSR count). The molecule has 0 saturated carbocycles. The third kappa shape index (κ3) is 2.61. The minimum atomic E-state index is -0.0855. The quantitative estimate of drug-likeness (QED) is 0.883. The van der Waals surface area contributed by atoms with Crippen molar-refractivity contribution in [2.24, 2.45) is 12.0 Å². The third-order valence-electron chi connectivity index (χ3n) is 3.28. The second-order valence-corrected chi connectivity index (χ2v) is 4.84. The molecule has 1 aromatic heterocycles. The molecule has 1 aliphatic carbocycles. The molecule has 0 unspecified atom stereocenters. The Hall–Kier alpha value is -2.43. The summed E-state index contributed by atoms with van der Waals surface area (Å²) in [5.74, 6) is -0.0855. The van der Waals surface area contributed by atoms with Crippen molar-refractivity contribution < 1.29 is 4.79 Å². The summed E-state index contributed by atoms with van der Waals surface area (Å²) in [5.41, 5.74) is 3.50. The molecule has 1 aliphatic heterocycles. The largest absolute Gasteiger partial charge is 0.324 e. The fourth-order valence-electron chi connectivity index (χ4n) is 2.27. The summed E-state index contributed by atoms with van der Waals surface area (Å²) in [6.07, 6.45) is 11.9. The van der Waals surface area contributed by atoms with Crippen LogP contribution in [-0.4, -0.2) is 27.9 Å². The molecule has 20 heavy (non-hydrogen) atoms. The van der Waals surface area contributed by atoms with Crippen molar-refractivity contribution in [3.05, 3.63) is 53.5 Å². The van der Waals surface area contributed by atoms with Crippen molar-refractivity contribution in [2.75, 3.05) is 6.54 Å². The molecule has 0 radical (unpaired) electrons. The minimum absolute atomic E-state index is 0.0855. The fourth-order valence-corrected chi connectivity index (χ4v) is 2.27. The Balaban J connectivity index is 1.98. The average Bonchev–Trinajstić information content (AvgIpc) is 2.79. The van der Waals surface area contributed by atoms with E-state index in [1.54, 1.807) is 4.68 Å². The molecule has 5 nitrogen and oxygen atoms in total. The van der Waals surface area contributed by atoms with Gasteiger partial charge in [-0.3, -0.25) is 14.5 Å². The average molecular weight is 268 g/mol. The Labute approximate surface area is 117 Å². The van der Waals surface area contributed by atoms with Gasteiger partial charge in [-0.15, -0.1) is 0 Å². The van der Waals surface area contributed by atoms with Gasteiger partial charge in [0.1, 0.15) is 12.2 Å². The van der Waals surface area contributed by atoms with Crippen LogP contribution in [0.4, 0.5) is 0 Å². The topological polar surface area (TPSA) is 59.3 Å². The number of nitrogens with one attached hydrogen (secondary N) is 1. The lowest BCUT2D eigenvalue weighted by Crippen LogP contribution is -2.25. The number of aliphatic imine (C=N–C) groups is 1. The molecule has 2 heterocycles. The summed E-state index contributed by atoms with van der Waals surface area (Å²) in [6, 6.07) is 1.90. The van der Waals surface area contributed by atoms with E-state index in [1.165, 1.54) is 0 Å². The molecule has 1 aromatic rings. The number of aryl methyl sites for hydroxylation is 1. The van der Waals surface area contributed by atoms with E-state index in [0.717, 1.165) is 35.5 Å². The lowest BCUT2D eigenvalue weighted by Gasteiger charge is -2.13. The SMILES string of the molecule is Cn1ccc(C2=NCC(=O)NC(C3=CC=CCC3)=C2)n1. The molecular weight excluding hydrogens is 252 g/mol. The molecule has 2 aliphatic rings. The number of allylic oxidation sites excluding steroid dienone is 5. The number of carbonyl (C=O) groups is 1. The van der Waals surface area contributed by atoms with Gasteiger partial charge in [-0.25, -0.2) is 0 Å². The van der Waals surface area contributed by atoms with Gasteiger partial charge >= 0.3 is 0 Å². The molecule has 102 valence electrons. The number of aromatic nitrogens is 2. The number of hydrogen-bond donors (Lipinski definition) is 1. The van der Waals surface area contributed by atoms with Gasteiger partial charge in [-0.05, 0) is 30.6 Å². The van der Waals surface area contributed by atoms with E-state index in [0.29, 0.717) is 0 Å². The van der Waals surface area contributed by atoms with Crippen LogP contribution in [-0.2, 0) is 11.8 Å². The highest BCUT2D eigenvalue weighted by atomic mass is 16.1. The maximum atomic E-state index is 11.8. The van der Waals surface area contributed by atoms with Gasteiger partial charge in [0, 0.05) is 18.9 Å². The van der Waals surface area contributed by atoms with Crippen LogP contribution in [0.2, 0.25) is 0 Å². The molecule has 5 heteroatoms. The van der Waals surface area contributed by atoms with Crippen LogP contribution in [0.15, 0.2) is 52.8 Å². The van der Waals surface area contributed by atoms with Crippen molar-refractivity contribution in [2.45, 2.75) is 12.8 Å². The van der Waals surface area contributed by atoms with Crippen LogP contribution in [0.5, 0.6) is 0 Å². The van der Waals surface area contributed by atoms with Crippen molar-refractivity contribution >= 4 is 11.6 Å². The highest BCUT2D eigenvalue weighted by molar-refractivity contribution is 6.09. The molecule has 0 atom stereocenters. The Morgan fingerprint density at radius 3 is 3.00 bits per heavy atom. The maximum absolute atomic E-state index is 11.8. The van der Waals surface area contributed by atoms with E-state index in [9.17, 15) is 4.79 Å². The van der Waals surface area contributed by atoms with Crippen LogP contribution in [0.25, 0.3) is 0 Å². The van der Waals surface area contributed by atoms with E-state index < -0.39 is 0 Å². The molecule has 0 aromatic carbocycles. The smallest absolute Gasteiger partial charge is 0.246 e. The van der Waals surface area contributed by atoms with Gasteiger partial charge in [0.05, 0.1) is 5.71 Å². The summed E-state index contributed by atoms with van der Waals surface area (Å²) in [7, 11) is 1.86. The zero-order valence-corrected chi connectivity index (χ0v) is 11.3. The number of rotatable bonds is 2. The summed E-state index contributed by atoms with van der Waals surface area (Å²) in [5, 5.41) is 7.28. The first-order valence-corrected chi connectivity index (χ1v) is 6.64. The Kier molecular flexibility index (Phi) is 3.33. The molecule has 0 bridgehead atoms. The van der Waals surface area contributed by atoms with Gasteiger partial charge in [0.2, 0.25) is 5.91 Å². The minimum Gasteiger partial charge on any atom is -0.324 e. The van der Waals surface area contributed by atoms with Crippen LogP contribution in [0.3, 0.4) is 0 Å². The summed E-state index contributed by atoms with van der Waals surface area (Å²) < 4.78 is 1.73. The Morgan fingerprint density at radius 1 is 1.40 bits per heavy atom. The monoisotopic (exact) mass is 268 g/mol. The van der Waals surface area contributed by atoms with Crippen molar-refractivity contribution in [3.63, 3.8) is 0 Å². The van der Waals surface area contributed by atoms with Crippen molar-refractivity contribution in [1.82, 2.24) is 15.1 Å². The lowest BCUT2D eigenvalue weighted by molar-refractivity contribution is -0.118. The van der Waals surface area contributed by atoms with E-state index in [4.69, 9.17) is 0 Å². The predicted molar refractivity (Wildman–Crippen MR) is 77.3 cm³/mol. The third-order valence-corrected chi connectivity index (χ3v) is 3.28. The summed E-state index contributed by atoms with van der Waals surface area (Å²) >= 11 is 0. The van der Waals surface area contributed by atoms with Crippen molar-refractivity contribution in [1.29, 1.82) is 0 Å². The van der Waals surface area contributed by atoms with Gasteiger partial charge in [0.15, 0.2) is 0 Å². The van der Waals surface area contributed by atoms with E-state index in [-0.39, 0.29) is 12.5 Å². The van der Waals surface area contributed by atoms with E-state index in [2.05, 4.69) is 21.5 Å². The molecule has 1 amide bonds. The van der Waals surface area contributed by atoms with Gasteiger partial charge in [0.25, 0.3) is 0 Å². The number of carbonyl (C=O) groups excluding carboxylic acids is 1. The summed E-state index contributed by atoms with van der Waals surface area (Å²) in [4.78, 5) is 16.1. The Morgan fingerprint density at radius 2 is 2.30 bits per heavy atom. The first-order chi connectivity index (χ1) is 9.72. The zero-order valence-electron chi connectivity index (χ0n) is 11.3. The highest BCUT2D eigenvalue weighted by Gasteiger charge is 2.16. The predicted octanol–water partition coefficient (Wildman–Crippen LogP) is 1.50. The van der Waals surface area contributed by atoms with Crippen LogP contribution in [0.1, 0.15) is 18.5 Å². The first kappa shape index (κ1) is 12.6. The molecule has 1 N–H and O–H groups in total.